The lowest BCUT2D eigenvalue weighted by molar-refractivity contribution is -0.199. The predicted molar refractivity (Wildman–Crippen MR) is 150 cm³/mol. The van der Waals surface area contributed by atoms with Crippen LogP contribution in [0.4, 0.5) is 0 Å². The van der Waals surface area contributed by atoms with Gasteiger partial charge in [0.05, 0.1) is 17.1 Å². The summed E-state index contributed by atoms with van der Waals surface area (Å²) in [6.07, 6.45) is 9.69. The van der Waals surface area contributed by atoms with E-state index < -0.39 is 28.3 Å². The van der Waals surface area contributed by atoms with E-state index in [4.69, 9.17) is 14.2 Å². The van der Waals surface area contributed by atoms with E-state index in [0.717, 1.165) is 11.9 Å². The molecule has 3 aliphatic carbocycles. The average molecular weight is 547 g/mol. The number of aldehydes is 1. The van der Waals surface area contributed by atoms with Crippen LogP contribution in [0.1, 0.15) is 89.2 Å². The Morgan fingerprint density at radius 2 is 1.77 bits per heavy atom. The molecule has 4 bridgehead atoms. The molecule has 1 N–H and O–H groups in total. The fraction of sp³-hybridized carbons (Fsp3) is 0.545. The van der Waals surface area contributed by atoms with Gasteiger partial charge in [0.1, 0.15) is 34.7 Å². The highest BCUT2D eigenvalue weighted by atomic mass is 16.6. The second-order valence-electron chi connectivity index (χ2n) is 13.5. The zero-order chi connectivity index (χ0) is 29.0. The van der Waals surface area contributed by atoms with Crippen LogP contribution in [0.25, 0.3) is 6.08 Å². The highest BCUT2D eigenvalue weighted by Gasteiger charge is 2.83. The molecule has 0 aromatic heterocycles. The number of fused-ring (bicyclic) bond motifs is 2. The number of benzene rings is 1. The van der Waals surface area contributed by atoms with Crippen molar-refractivity contribution in [3.05, 3.63) is 46.1 Å². The minimum absolute atomic E-state index is 0.0647. The van der Waals surface area contributed by atoms with Crippen molar-refractivity contribution < 1.29 is 33.7 Å². The summed E-state index contributed by atoms with van der Waals surface area (Å²) < 4.78 is 20.3. The third-order valence-corrected chi connectivity index (χ3v) is 9.73. The molecule has 40 heavy (non-hydrogen) atoms. The van der Waals surface area contributed by atoms with E-state index in [2.05, 4.69) is 0 Å². The third-order valence-electron chi connectivity index (χ3n) is 9.73. The number of carbonyl (C=O) groups excluding carboxylic acids is 3. The van der Waals surface area contributed by atoms with E-state index in [0.29, 0.717) is 41.7 Å². The summed E-state index contributed by atoms with van der Waals surface area (Å²) >= 11 is 0. The third kappa shape index (κ3) is 3.36. The number of phenolic OH excluding ortho intramolecular Hbond substituents is 1. The van der Waals surface area contributed by atoms with Crippen LogP contribution >= 0.6 is 0 Å². The van der Waals surface area contributed by atoms with Gasteiger partial charge in [-0.15, -0.1) is 0 Å². The molecule has 5 atom stereocenters. The molecule has 0 unspecified atom stereocenters. The first-order valence-corrected chi connectivity index (χ1v) is 14.2. The normalized spacial score (nSPS) is 33.9. The van der Waals surface area contributed by atoms with E-state index in [1.807, 2.05) is 59.8 Å². The van der Waals surface area contributed by atoms with Crippen molar-refractivity contribution in [3.8, 4) is 17.2 Å². The van der Waals surface area contributed by atoms with Crippen molar-refractivity contribution in [3.63, 3.8) is 0 Å². The lowest BCUT2D eigenvalue weighted by Gasteiger charge is -2.60. The quantitative estimate of drug-likeness (QED) is 0.287. The molecule has 7 rings (SSSR count). The van der Waals surface area contributed by atoms with Crippen LogP contribution in [0.2, 0.25) is 0 Å². The largest absolute Gasteiger partial charge is 0.506 e. The van der Waals surface area contributed by atoms with Gasteiger partial charge in [0.25, 0.3) is 0 Å². The predicted octanol–water partition coefficient (Wildman–Crippen LogP) is 5.71. The Kier molecular flexibility index (Phi) is 5.68. The topological polar surface area (TPSA) is 99.1 Å². The first kappa shape index (κ1) is 27.0. The zero-order valence-corrected chi connectivity index (χ0v) is 24.3. The van der Waals surface area contributed by atoms with Gasteiger partial charge in [0.2, 0.25) is 0 Å². The van der Waals surface area contributed by atoms with E-state index in [1.54, 1.807) is 13.0 Å². The molecule has 1 aromatic rings. The van der Waals surface area contributed by atoms with Gasteiger partial charge in [-0.3, -0.25) is 14.4 Å². The Morgan fingerprint density at radius 3 is 2.45 bits per heavy atom. The molecular weight excluding hydrogens is 508 g/mol. The van der Waals surface area contributed by atoms with E-state index in [9.17, 15) is 19.5 Å². The Morgan fingerprint density at radius 1 is 1.05 bits per heavy atom. The molecule has 1 saturated heterocycles. The van der Waals surface area contributed by atoms with Crippen LogP contribution in [0.3, 0.4) is 0 Å². The fourth-order valence-corrected chi connectivity index (χ4v) is 7.98. The molecule has 3 saturated carbocycles. The summed E-state index contributed by atoms with van der Waals surface area (Å²) in [7, 11) is 0. The number of allylic oxidation sites excluding steroid dienone is 3. The lowest BCUT2D eigenvalue weighted by atomic mass is 9.46. The number of Topliss-reactive ketones (excluding diaryl/α,β-unsaturated/α-hetero) is 2. The number of aromatic hydroxyl groups is 1. The lowest BCUT2D eigenvalue weighted by Crippen LogP contribution is -2.76. The smallest absolute Gasteiger partial charge is 0.177 e. The zero-order valence-electron chi connectivity index (χ0n) is 24.3. The molecule has 3 heterocycles. The molecule has 7 nitrogen and oxygen atoms in total. The highest BCUT2D eigenvalue weighted by Crippen LogP contribution is 2.70. The summed E-state index contributed by atoms with van der Waals surface area (Å²) in [6, 6.07) is 0. The Bertz CT molecular complexity index is 1450. The molecule has 0 amide bonds. The SMILES string of the molecule is CC(C)=CCc1c2c(c(O)c3c1O[C@]14[C@H](C[C@@H]5C[C@H]1C(C)(C)O[C@@]4(CC=C(C)C=O)C5=O)C3=O)C=CC(C)(C)O2. The second kappa shape index (κ2) is 8.41. The standard InChI is InChI=1S/C33H38O7/c1-17(2)8-9-21-27-20(11-12-30(4,5)38-27)25(35)24-26(36)22-14-19-15-23-31(6,7)40-32(29(19)37,13-10-18(3)16-34)33(22,23)39-28(21)24/h8,10-12,16,19,22-23,35H,9,13-15H2,1-7H3/t19-,22-,23+,32+,33-/m1/s1. The molecular formula is C33H38O7. The van der Waals surface area contributed by atoms with Crippen LogP contribution in [0.15, 0.2) is 29.4 Å². The molecule has 1 spiro atoms. The average Bonchev–Trinajstić information content (AvgIpc) is 3.03. The van der Waals surface area contributed by atoms with E-state index >= 15 is 0 Å². The van der Waals surface area contributed by atoms with Gasteiger partial charge < -0.3 is 19.3 Å². The van der Waals surface area contributed by atoms with Crippen LogP contribution in [-0.2, 0) is 20.7 Å². The minimum atomic E-state index is -1.43. The maximum absolute atomic E-state index is 14.6. The summed E-state index contributed by atoms with van der Waals surface area (Å²) in [6.45, 7) is 13.5. The van der Waals surface area contributed by atoms with Gasteiger partial charge in [-0.25, -0.2) is 0 Å². The Hall–Kier alpha value is -3.19. The van der Waals surface area contributed by atoms with Crippen molar-refractivity contribution >= 4 is 23.9 Å². The van der Waals surface area contributed by atoms with E-state index in [1.165, 1.54) is 0 Å². The molecule has 6 aliphatic rings. The van der Waals surface area contributed by atoms with Crippen LogP contribution < -0.4 is 9.47 Å². The van der Waals surface area contributed by atoms with Crippen molar-refractivity contribution in [2.24, 2.45) is 17.8 Å². The van der Waals surface area contributed by atoms with Crippen LogP contribution in [-0.4, -0.2) is 45.4 Å². The Labute approximate surface area is 235 Å². The highest BCUT2D eigenvalue weighted by molar-refractivity contribution is 6.09. The second-order valence-corrected chi connectivity index (χ2v) is 13.5. The monoisotopic (exact) mass is 546 g/mol. The van der Waals surface area contributed by atoms with Crippen molar-refractivity contribution in [2.75, 3.05) is 0 Å². The van der Waals surface area contributed by atoms with Gasteiger partial charge in [-0.1, -0.05) is 17.7 Å². The maximum Gasteiger partial charge on any atom is 0.177 e. The van der Waals surface area contributed by atoms with Crippen LogP contribution in [0.5, 0.6) is 17.2 Å². The first-order chi connectivity index (χ1) is 18.7. The molecule has 7 heteroatoms. The van der Waals surface area contributed by atoms with Crippen molar-refractivity contribution in [1.82, 2.24) is 0 Å². The van der Waals surface area contributed by atoms with Gasteiger partial charge in [0, 0.05) is 23.8 Å². The Balaban J connectivity index is 1.65. The number of rotatable bonds is 5. The first-order valence-electron chi connectivity index (χ1n) is 14.2. The molecule has 0 radical (unpaired) electrons. The minimum Gasteiger partial charge on any atom is -0.506 e. The summed E-state index contributed by atoms with van der Waals surface area (Å²) in [4.78, 5) is 40.3. The van der Waals surface area contributed by atoms with Crippen molar-refractivity contribution in [2.45, 2.75) is 96.6 Å². The molecule has 4 fully saturated rings. The molecule has 1 aromatic carbocycles. The summed E-state index contributed by atoms with van der Waals surface area (Å²) in [5.41, 5.74) is -1.20. The number of hydrogen-bond acceptors (Lipinski definition) is 7. The van der Waals surface area contributed by atoms with Gasteiger partial charge in [0.15, 0.2) is 22.8 Å². The van der Waals surface area contributed by atoms with Gasteiger partial charge in [-0.2, -0.15) is 0 Å². The molecule has 212 valence electrons. The molecule has 3 aliphatic heterocycles. The number of hydrogen-bond donors (Lipinski definition) is 1. The summed E-state index contributed by atoms with van der Waals surface area (Å²) in [5, 5.41) is 11.6. The maximum atomic E-state index is 14.6. The van der Waals surface area contributed by atoms with Gasteiger partial charge in [-0.05, 0) is 85.5 Å². The van der Waals surface area contributed by atoms with E-state index in [-0.39, 0.29) is 46.9 Å². The fourth-order valence-electron chi connectivity index (χ4n) is 7.98. The van der Waals surface area contributed by atoms with Crippen molar-refractivity contribution in [1.29, 1.82) is 0 Å². The van der Waals surface area contributed by atoms with Crippen LogP contribution in [0, 0.1) is 17.8 Å². The van der Waals surface area contributed by atoms with Gasteiger partial charge >= 0.3 is 0 Å². The summed E-state index contributed by atoms with van der Waals surface area (Å²) in [5.74, 6) is -0.935. The number of carbonyl (C=O) groups is 3. The number of ether oxygens (including phenoxy) is 3. The number of ketones is 2. The number of phenols is 1.